The van der Waals surface area contributed by atoms with Gasteiger partial charge in [-0.1, -0.05) is 24.3 Å². The molecule has 0 fully saturated rings. The fourth-order valence-corrected chi connectivity index (χ4v) is 2.48. The van der Waals surface area contributed by atoms with Crippen molar-refractivity contribution in [2.75, 3.05) is 0 Å². The predicted octanol–water partition coefficient (Wildman–Crippen LogP) is 3.87. The number of pyridine rings is 1. The molecule has 0 saturated heterocycles. The van der Waals surface area contributed by atoms with E-state index in [4.69, 9.17) is 5.73 Å². The van der Waals surface area contributed by atoms with Gasteiger partial charge in [-0.2, -0.15) is 0 Å². The van der Waals surface area contributed by atoms with E-state index < -0.39 is 17.7 Å². The number of nitrogens with two attached hydrogens (primary N) is 1. The standard InChI is InChI=1S/C17H14F2N2/c1-10-8-13(12-4-2-3-5-16(12)21-10)17(20)11-6-7-14(18)15(19)9-11/h2-9,17H,20H2,1H3. The molecule has 1 aromatic heterocycles. The number of halogens is 2. The Hall–Kier alpha value is -2.33. The number of hydrogen-bond acceptors (Lipinski definition) is 2. The second kappa shape index (κ2) is 5.22. The average Bonchev–Trinajstić information content (AvgIpc) is 2.48. The van der Waals surface area contributed by atoms with Crippen LogP contribution in [0.25, 0.3) is 10.9 Å². The Labute approximate surface area is 121 Å². The number of hydrogen-bond donors (Lipinski definition) is 1. The van der Waals surface area contributed by atoms with E-state index in [9.17, 15) is 8.78 Å². The molecular weight excluding hydrogens is 270 g/mol. The monoisotopic (exact) mass is 284 g/mol. The Morgan fingerprint density at radius 1 is 1.00 bits per heavy atom. The van der Waals surface area contributed by atoms with Crippen LogP contribution in [0, 0.1) is 18.6 Å². The first kappa shape index (κ1) is 13.6. The van der Waals surface area contributed by atoms with Gasteiger partial charge in [0.25, 0.3) is 0 Å². The zero-order valence-electron chi connectivity index (χ0n) is 11.5. The van der Waals surface area contributed by atoms with Crippen LogP contribution in [0.4, 0.5) is 8.78 Å². The van der Waals surface area contributed by atoms with E-state index in [2.05, 4.69) is 4.98 Å². The van der Waals surface area contributed by atoms with Crippen molar-refractivity contribution in [3.63, 3.8) is 0 Å². The third-order valence-electron chi connectivity index (χ3n) is 3.51. The van der Waals surface area contributed by atoms with Gasteiger partial charge in [-0.25, -0.2) is 8.78 Å². The van der Waals surface area contributed by atoms with Gasteiger partial charge in [0, 0.05) is 11.1 Å². The Kier molecular flexibility index (Phi) is 3.39. The highest BCUT2D eigenvalue weighted by atomic mass is 19.2. The lowest BCUT2D eigenvalue weighted by atomic mass is 9.95. The summed E-state index contributed by atoms with van der Waals surface area (Å²) >= 11 is 0. The van der Waals surface area contributed by atoms with Crippen LogP contribution < -0.4 is 5.73 Å². The van der Waals surface area contributed by atoms with Crippen molar-refractivity contribution in [2.45, 2.75) is 13.0 Å². The van der Waals surface area contributed by atoms with E-state index in [0.29, 0.717) is 5.56 Å². The lowest BCUT2D eigenvalue weighted by Crippen LogP contribution is -2.13. The van der Waals surface area contributed by atoms with E-state index in [0.717, 1.165) is 34.3 Å². The fourth-order valence-electron chi connectivity index (χ4n) is 2.48. The molecule has 106 valence electrons. The zero-order chi connectivity index (χ0) is 15.0. The Bertz CT molecular complexity index is 815. The van der Waals surface area contributed by atoms with Gasteiger partial charge in [0.05, 0.1) is 11.6 Å². The summed E-state index contributed by atoms with van der Waals surface area (Å²) in [5.74, 6) is -1.76. The highest BCUT2D eigenvalue weighted by Crippen LogP contribution is 2.28. The second-order valence-electron chi connectivity index (χ2n) is 5.02. The molecule has 0 bridgehead atoms. The first-order chi connectivity index (χ1) is 10.1. The van der Waals surface area contributed by atoms with Gasteiger partial charge in [-0.15, -0.1) is 0 Å². The molecule has 0 spiro atoms. The van der Waals surface area contributed by atoms with E-state index in [1.54, 1.807) is 0 Å². The van der Waals surface area contributed by atoms with Crippen LogP contribution in [0.1, 0.15) is 22.9 Å². The Balaban J connectivity index is 2.16. The van der Waals surface area contributed by atoms with Gasteiger partial charge in [-0.05, 0) is 42.3 Å². The number of nitrogens with zero attached hydrogens (tertiary/aromatic N) is 1. The molecule has 0 aliphatic heterocycles. The van der Waals surface area contributed by atoms with E-state index in [1.807, 2.05) is 37.3 Å². The second-order valence-corrected chi connectivity index (χ2v) is 5.02. The maximum absolute atomic E-state index is 13.4. The van der Waals surface area contributed by atoms with Crippen molar-refractivity contribution in [1.29, 1.82) is 0 Å². The average molecular weight is 284 g/mol. The van der Waals surface area contributed by atoms with Gasteiger partial charge in [0.1, 0.15) is 0 Å². The molecule has 2 aromatic carbocycles. The van der Waals surface area contributed by atoms with Crippen LogP contribution in [0.3, 0.4) is 0 Å². The molecule has 0 aliphatic carbocycles. The van der Waals surface area contributed by atoms with Gasteiger partial charge < -0.3 is 5.73 Å². The number of benzene rings is 2. The largest absolute Gasteiger partial charge is 0.320 e. The summed E-state index contributed by atoms with van der Waals surface area (Å²) in [4.78, 5) is 4.45. The molecule has 0 saturated carbocycles. The quantitative estimate of drug-likeness (QED) is 0.776. The van der Waals surface area contributed by atoms with Crippen LogP contribution in [0.2, 0.25) is 0 Å². The smallest absolute Gasteiger partial charge is 0.159 e. The molecule has 1 unspecified atom stereocenters. The van der Waals surface area contributed by atoms with Crippen LogP contribution in [-0.4, -0.2) is 4.98 Å². The van der Waals surface area contributed by atoms with Crippen LogP contribution in [-0.2, 0) is 0 Å². The predicted molar refractivity (Wildman–Crippen MR) is 78.9 cm³/mol. The summed E-state index contributed by atoms with van der Waals surface area (Å²) in [6.45, 7) is 1.88. The number of aromatic nitrogens is 1. The molecule has 21 heavy (non-hydrogen) atoms. The molecule has 3 aromatic rings. The summed E-state index contributed by atoms with van der Waals surface area (Å²) in [6, 6.07) is 12.7. The summed E-state index contributed by atoms with van der Waals surface area (Å²) in [5.41, 5.74) is 9.31. The van der Waals surface area contributed by atoms with Crippen LogP contribution in [0.5, 0.6) is 0 Å². The zero-order valence-corrected chi connectivity index (χ0v) is 11.5. The number of aryl methyl sites for hydroxylation is 1. The highest BCUT2D eigenvalue weighted by Gasteiger charge is 2.15. The van der Waals surface area contributed by atoms with Gasteiger partial charge in [0.15, 0.2) is 11.6 Å². The molecule has 1 heterocycles. The van der Waals surface area contributed by atoms with Crippen LogP contribution in [0.15, 0.2) is 48.5 Å². The van der Waals surface area contributed by atoms with E-state index in [-0.39, 0.29) is 0 Å². The maximum Gasteiger partial charge on any atom is 0.159 e. The van der Waals surface area contributed by atoms with Gasteiger partial charge >= 0.3 is 0 Å². The van der Waals surface area contributed by atoms with Crippen molar-refractivity contribution < 1.29 is 8.78 Å². The van der Waals surface area contributed by atoms with Crippen molar-refractivity contribution in [2.24, 2.45) is 5.73 Å². The lowest BCUT2D eigenvalue weighted by Gasteiger charge is -2.16. The topological polar surface area (TPSA) is 38.9 Å². The molecule has 1 atom stereocenters. The first-order valence-electron chi connectivity index (χ1n) is 6.63. The third kappa shape index (κ3) is 2.50. The van der Waals surface area contributed by atoms with E-state index >= 15 is 0 Å². The molecular formula is C17H14F2N2. The lowest BCUT2D eigenvalue weighted by molar-refractivity contribution is 0.506. The van der Waals surface area contributed by atoms with E-state index in [1.165, 1.54) is 6.07 Å². The molecule has 2 nitrogen and oxygen atoms in total. The Morgan fingerprint density at radius 3 is 2.52 bits per heavy atom. The van der Waals surface area contributed by atoms with Crippen LogP contribution >= 0.6 is 0 Å². The third-order valence-corrected chi connectivity index (χ3v) is 3.51. The molecule has 0 aliphatic rings. The SMILES string of the molecule is Cc1cc(C(N)c2ccc(F)c(F)c2)c2ccccc2n1. The summed E-state index contributed by atoms with van der Waals surface area (Å²) in [6.07, 6.45) is 0. The van der Waals surface area contributed by atoms with Crippen molar-refractivity contribution in [3.05, 3.63) is 77.0 Å². The van der Waals surface area contributed by atoms with Gasteiger partial charge in [0.2, 0.25) is 0 Å². The van der Waals surface area contributed by atoms with Crippen molar-refractivity contribution >= 4 is 10.9 Å². The summed E-state index contributed by atoms with van der Waals surface area (Å²) < 4.78 is 26.5. The van der Waals surface area contributed by atoms with Gasteiger partial charge in [-0.3, -0.25) is 4.98 Å². The normalized spacial score (nSPS) is 12.6. The molecule has 4 heteroatoms. The van der Waals surface area contributed by atoms with Crippen molar-refractivity contribution in [3.8, 4) is 0 Å². The minimum Gasteiger partial charge on any atom is -0.320 e. The molecule has 0 amide bonds. The number of fused-ring (bicyclic) bond motifs is 1. The minimum atomic E-state index is -0.891. The molecule has 3 rings (SSSR count). The minimum absolute atomic E-state index is 0.532. The van der Waals surface area contributed by atoms with Crippen molar-refractivity contribution in [1.82, 2.24) is 4.98 Å². The fraction of sp³-hybridized carbons (Fsp3) is 0.118. The number of para-hydroxylation sites is 1. The Morgan fingerprint density at radius 2 is 1.76 bits per heavy atom. The highest BCUT2D eigenvalue weighted by molar-refractivity contribution is 5.83. The first-order valence-corrected chi connectivity index (χ1v) is 6.63. The summed E-state index contributed by atoms with van der Waals surface area (Å²) in [5, 5.41) is 0.917. The summed E-state index contributed by atoms with van der Waals surface area (Å²) in [7, 11) is 0. The number of rotatable bonds is 2. The maximum atomic E-state index is 13.4. The molecule has 2 N–H and O–H groups in total. The molecule has 0 radical (unpaired) electrons.